The van der Waals surface area contributed by atoms with Crippen LogP contribution in [-0.2, 0) is 0 Å². The zero-order valence-electron chi connectivity index (χ0n) is 8.39. The van der Waals surface area contributed by atoms with Gasteiger partial charge in [-0.3, -0.25) is 9.78 Å². The van der Waals surface area contributed by atoms with E-state index in [2.05, 4.69) is 15.1 Å². The maximum atomic E-state index is 10.9. The van der Waals surface area contributed by atoms with E-state index >= 15 is 0 Å². The average Bonchev–Trinajstić information content (AvgIpc) is 2.66. The first-order valence-corrected chi connectivity index (χ1v) is 4.44. The molecule has 0 bridgehead atoms. The van der Waals surface area contributed by atoms with Gasteiger partial charge in [0.1, 0.15) is 5.69 Å². The first-order chi connectivity index (χ1) is 7.16. The largest absolute Gasteiger partial charge is 0.330 e. The second-order valence-electron chi connectivity index (χ2n) is 3.20. The molecule has 0 aromatic carbocycles. The lowest BCUT2D eigenvalue weighted by Gasteiger charge is -1.93. The molecule has 0 aliphatic heterocycles. The van der Waals surface area contributed by atoms with Crippen LogP contribution < -0.4 is 0 Å². The van der Waals surface area contributed by atoms with Crippen molar-refractivity contribution >= 4 is 5.78 Å². The van der Waals surface area contributed by atoms with Crippen molar-refractivity contribution in [3.63, 3.8) is 0 Å². The molecular formula is C10H9N3O2. The van der Waals surface area contributed by atoms with Crippen molar-refractivity contribution in [1.82, 2.24) is 15.1 Å². The van der Waals surface area contributed by atoms with Gasteiger partial charge in [-0.25, -0.2) is 0 Å². The van der Waals surface area contributed by atoms with Gasteiger partial charge in [-0.1, -0.05) is 5.16 Å². The van der Waals surface area contributed by atoms with E-state index < -0.39 is 0 Å². The van der Waals surface area contributed by atoms with Crippen LogP contribution in [0.2, 0.25) is 0 Å². The van der Waals surface area contributed by atoms with Crippen molar-refractivity contribution in [2.75, 3.05) is 0 Å². The molecule has 0 aliphatic rings. The number of carbonyl (C=O) groups excluding carboxylic acids is 1. The summed E-state index contributed by atoms with van der Waals surface area (Å²) in [7, 11) is 0. The van der Waals surface area contributed by atoms with Gasteiger partial charge in [0.05, 0.1) is 0 Å². The zero-order chi connectivity index (χ0) is 10.8. The molecule has 0 atom stereocenters. The molecule has 0 radical (unpaired) electrons. The van der Waals surface area contributed by atoms with Gasteiger partial charge in [0.25, 0.3) is 5.89 Å². The Labute approximate surface area is 86.1 Å². The second-order valence-corrected chi connectivity index (χ2v) is 3.20. The molecule has 15 heavy (non-hydrogen) atoms. The third-order valence-electron chi connectivity index (χ3n) is 1.87. The molecular weight excluding hydrogens is 194 g/mol. The van der Waals surface area contributed by atoms with Crippen molar-refractivity contribution in [3.8, 4) is 11.5 Å². The summed E-state index contributed by atoms with van der Waals surface area (Å²) >= 11 is 0. The predicted octanol–water partition coefficient (Wildman–Crippen LogP) is 1.64. The van der Waals surface area contributed by atoms with E-state index in [0.717, 1.165) is 5.56 Å². The van der Waals surface area contributed by atoms with Gasteiger partial charge >= 0.3 is 0 Å². The summed E-state index contributed by atoms with van der Waals surface area (Å²) in [5.74, 6) is 0.0959. The molecule has 5 heteroatoms. The number of aromatic nitrogens is 3. The molecule has 2 aromatic heterocycles. The van der Waals surface area contributed by atoms with Crippen LogP contribution in [0, 0.1) is 6.92 Å². The minimum absolute atomic E-state index is 0.00769. The van der Waals surface area contributed by atoms with Gasteiger partial charge in [0.15, 0.2) is 0 Å². The van der Waals surface area contributed by atoms with Gasteiger partial charge in [0, 0.05) is 13.1 Å². The summed E-state index contributed by atoms with van der Waals surface area (Å²) in [6.07, 6.45) is 1.66. The standard InChI is InChI=1S/C10H9N3O2/c1-6-3-4-11-8(5-6)9-12-10(7(2)14)15-13-9/h3-5H,1-2H3. The third kappa shape index (κ3) is 1.90. The molecule has 2 aromatic rings. The third-order valence-corrected chi connectivity index (χ3v) is 1.87. The van der Waals surface area contributed by atoms with Crippen LogP contribution in [0.15, 0.2) is 22.9 Å². The fourth-order valence-electron chi connectivity index (χ4n) is 1.13. The Morgan fingerprint density at radius 2 is 2.27 bits per heavy atom. The highest BCUT2D eigenvalue weighted by Gasteiger charge is 2.12. The maximum Gasteiger partial charge on any atom is 0.294 e. The molecule has 0 spiro atoms. The van der Waals surface area contributed by atoms with Gasteiger partial charge in [-0.05, 0) is 24.6 Å². The van der Waals surface area contributed by atoms with Crippen LogP contribution in [0.25, 0.3) is 11.5 Å². The molecule has 0 fully saturated rings. The van der Waals surface area contributed by atoms with Crippen LogP contribution >= 0.6 is 0 Å². The van der Waals surface area contributed by atoms with E-state index in [-0.39, 0.29) is 11.7 Å². The van der Waals surface area contributed by atoms with Crippen LogP contribution in [0.4, 0.5) is 0 Å². The molecule has 0 amide bonds. The highest BCUT2D eigenvalue weighted by molar-refractivity contribution is 5.89. The lowest BCUT2D eigenvalue weighted by Crippen LogP contribution is -1.92. The summed E-state index contributed by atoms with van der Waals surface area (Å²) < 4.78 is 4.77. The highest BCUT2D eigenvalue weighted by atomic mass is 16.5. The molecule has 76 valence electrons. The molecule has 0 saturated carbocycles. The molecule has 0 N–H and O–H groups in total. The fraction of sp³-hybridized carbons (Fsp3) is 0.200. The summed E-state index contributed by atoms with van der Waals surface area (Å²) in [4.78, 5) is 19.0. The topological polar surface area (TPSA) is 68.9 Å². The Hall–Kier alpha value is -2.04. The first kappa shape index (κ1) is 9.51. The molecule has 5 nitrogen and oxygen atoms in total. The highest BCUT2D eigenvalue weighted by Crippen LogP contribution is 2.13. The second kappa shape index (κ2) is 3.61. The van der Waals surface area contributed by atoms with Crippen LogP contribution in [0.1, 0.15) is 23.2 Å². The Bertz CT molecular complexity index is 505. The number of pyridine rings is 1. The Morgan fingerprint density at radius 1 is 1.47 bits per heavy atom. The summed E-state index contributed by atoms with van der Waals surface area (Å²) in [5.41, 5.74) is 1.65. The van der Waals surface area contributed by atoms with Crippen molar-refractivity contribution in [2.24, 2.45) is 0 Å². The minimum Gasteiger partial charge on any atom is -0.330 e. The van der Waals surface area contributed by atoms with E-state index in [9.17, 15) is 4.79 Å². The molecule has 2 rings (SSSR count). The molecule has 2 heterocycles. The van der Waals surface area contributed by atoms with Crippen molar-refractivity contribution in [1.29, 1.82) is 0 Å². The van der Waals surface area contributed by atoms with Gasteiger partial charge < -0.3 is 4.52 Å². The van der Waals surface area contributed by atoms with E-state index in [0.29, 0.717) is 11.5 Å². The number of Topliss-reactive ketones (excluding diaryl/α,β-unsaturated/α-hetero) is 1. The number of hydrogen-bond donors (Lipinski definition) is 0. The summed E-state index contributed by atoms with van der Waals surface area (Å²) in [6.45, 7) is 3.32. The Morgan fingerprint density at radius 3 is 2.87 bits per heavy atom. The summed E-state index contributed by atoms with van der Waals surface area (Å²) in [5, 5.41) is 3.68. The van der Waals surface area contributed by atoms with Gasteiger partial charge in [-0.2, -0.15) is 4.98 Å². The Kier molecular flexibility index (Phi) is 2.29. The normalized spacial score (nSPS) is 10.3. The fourth-order valence-corrected chi connectivity index (χ4v) is 1.13. The number of ketones is 1. The van der Waals surface area contributed by atoms with E-state index in [1.165, 1.54) is 6.92 Å². The number of hydrogen-bond acceptors (Lipinski definition) is 5. The monoisotopic (exact) mass is 203 g/mol. The van der Waals surface area contributed by atoms with E-state index in [1.807, 2.05) is 19.1 Å². The van der Waals surface area contributed by atoms with Crippen LogP contribution in [0.5, 0.6) is 0 Å². The number of carbonyl (C=O) groups is 1. The van der Waals surface area contributed by atoms with E-state index in [1.54, 1.807) is 6.20 Å². The van der Waals surface area contributed by atoms with Crippen molar-refractivity contribution in [2.45, 2.75) is 13.8 Å². The number of rotatable bonds is 2. The maximum absolute atomic E-state index is 10.9. The van der Waals surface area contributed by atoms with Crippen LogP contribution in [-0.4, -0.2) is 20.9 Å². The smallest absolute Gasteiger partial charge is 0.294 e. The number of nitrogens with zero attached hydrogens (tertiary/aromatic N) is 3. The predicted molar refractivity (Wildman–Crippen MR) is 52.3 cm³/mol. The first-order valence-electron chi connectivity index (χ1n) is 4.44. The quantitative estimate of drug-likeness (QED) is 0.694. The minimum atomic E-state index is -0.249. The SMILES string of the molecule is CC(=O)c1nc(-c2cc(C)ccn2)no1. The van der Waals surface area contributed by atoms with Crippen molar-refractivity contribution < 1.29 is 9.32 Å². The Balaban J connectivity index is 2.41. The zero-order valence-corrected chi connectivity index (χ0v) is 8.39. The summed E-state index contributed by atoms with van der Waals surface area (Å²) in [6, 6.07) is 3.70. The molecule has 0 saturated heterocycles. The van der Waals surface area contributed by atoms with Gasteiger partial charge in [-0.15, -0.1) is 0 Å². The molecule has 0 unspecified atom stereocenters. The van der Waals surface area contributed by atoms with Crippen molar-refractivity contribution in [3.05, 3.63) is 29.8 Å². The molecule has 0 aliphatic carbocycles. The lowest BCUT2D eigenvalue weighted by atomic mass is 10.2. The van der Waals surface area contributed by atoms with Gasteiger partial charge in [0.2, 0.25) is 11.6 Å². The number of aryl methyl sites for hydroxylation is 1. The average molecular weight is 203 g/mol. The van der Waals surface area contributed by atoms with Crippen LogP contribution in [0.3, 0.4) is 0 Å². The lowest BCUT2D eigenvalue weighted by molar-refractivity contribution is 0.0972. The van der Waals surface area contributed by atoms with E-state index in [4.69, 9.17) is 4.52 Å².